The summed E-state index contributed by atoms with van der Waals surface area (Å²) in [4.78, 5) is 40.1. The lowest BCUT2D eigenvalue weighted by Gasteiger charge is -2.25. The van der Waals surface area contributed by atoms with Crippen molar-refractivity contribution in [1.29, 1.82) is 0 Å². The predicted molar refractivity (Wildman–Crippen MR) is 136 cm³/mol. The maximum Gasteiger partial charge on any atom is 0.330 e. The van der Waals surface area contributed by atoms with E-state index in [1.807, 2.05) is 24.3 Å². The van der Waals surface area contributed by atoms with E-state index in [9.17, 15) is 22.8 Å². The van der Waals surface area contributed by atoms with Crippen LogP contribution in [-0.2, 0) is 35.3 Å². The Hall–Kier alpha value is -4.02. The molecule has 10 heteroatoms. The van der Waals surface area contributed by atoms with Crippen LogP contribution in [0.2, 0.25) is 0 Å². The SMILES string of the molecule is Cn1c(=O)c2cc(S(=O)(=O)N[C@@H](C(=O)N3CCc4ccccc43)c3ccccc3)ccc2n(C)c1=O. The van der Waals surface area contributed by atoms with Crippen molar-refractivity contribution in [3.63, 3.8) is 0 Å². The molecule has 0 saturated heterocycles. The highest BCUT2D eigenvalue weighted by Crippen LogP contribution is 2.31. The van der Waals surface area contributed by atoms with Crippen LogP contribution >= 0.6 is 0 Å². The van der Waals surface area contributed by atoms with Gasteiger partial charge in [0.25, 0.3) is 5.56 Å². The maximum absolute atomic E-state index is 13.7. The predicted octanol–water partition coefficient (Wildman–Crippen LogP) is 1.85. The van der Waals surface area contributed by atoms with E-state index in [1.165, 1.54) is 36.9 Å². The van der Waals surface area contributed by atoms with Crippen molar-refractivity contribution < 1.29 is 13.2 Å². The number of aromatic nitrogens is 2. The molecule has 2 heterocycles. The number of sulfonamides is 1. The summed E-state index contributed by atoms with van der Waals surface area (Å²) < 4.78 is 31.8. The minimum absolute atomic E-state index is 0.0820. The molecule has 1 N–H and O–H groups in total. The van der Waals surface area contributed by atoms with Gasteiger partial charge < -0.3 is 4.90 Å². The summed E-state index contributed by atoms with van der Waals surface area (Å²) in [6.45, 7) is 0.448. The average molecular weight is 505 g/mol. The van der Waals surface area contributed by atoms with Crippen molar-refractivity contribution in [2.45, 2.75) is 17.4 Å². The summed E-state index contributed by atoms with van der Waals surface area (Å²) in [5.41, 5.74) is 1.48. The number of nitrogens with one attached hydrogen (secondary N) is 1. The van der Waals surface area contributed by atoms with E-state index in [0.717, 1.165) is 15.8 Å². The Morgan fingerprint density at radius 1 is 0.917 bits per heavy atom. The third kappa shape index (κ3) is 3.94. The molecule has 0 spiro atoms. The van der Waals surface area contributed by atoms with E-state index < -0.39 is 33.2 Å². The van der Waals surface area contributed by atoms with Gasteiger partial charge in [0.1, 0.15) is 6.04 Å². The van der Waals surface area contributed by atoms with E-state index in [2.05, 4.69) is 4.72 Å². The molecule has 4 aromatic rings. The summed E-state index contributed by atoms with van der Waals surface area (Å²) in [5.74, 6) is -0.395. The molecule has 0 unspecified atom stereocenters. The smallest absolute Gasteiger partial charge is 0.310 e. The Morgan fingerprint density at radius 3 is 2.36 bits per heavy atom. The van der Waals surface area contributed by atoms with Gasteiger partial charge in [-0.05, 0) is 41.8 Å². The summed E-state index contributed by atoms with van der Waals surface area (Å²) in [5, 5.41) is 0.0820. The van der Waals surface area contributed by atoms with Crippen LogP contribution < -0.4 is 20.9 Å². The van der Waals surface area contributed by atoms with Crippen molar-refractivity contribution in [2.24, 2.45) is 14.1 Å². The van der Waals surface area contributed by atoms with Crippen LogP contribution in [0.15, 0.2) is 87.3 Å². The largest absolute Gasteiger partial charge is 0.330 e. The van der Waals surface area contributed by atoms with Gasteiger partial charge in [0, 0.05) is 26.3 Å². The van der Waals surface area contributed by atoms with Gasteiger partial charge in [-0.15, -0.1) is 0 Å². The van der Waals surface area contributed by atoms with Crippen LogP contribution in [-0.4, -0.2) is 30.0 Å². The Balaban J connectivity index is 1.57. The number of anilines is 1. The van der Waals surface area contributed by atoms with E-state index in [1.54, 1.807) is 35.2 Å². The highest BCUT2D eigenvalue weighted by Gasteiger charge is 2.34. The number of nitrogens with zero attached hydrogens (tertiary/aromatic N) is 3. The normalized spacial score (nSPS) is 14.1. The number of fused-ring (bicyclic) bond motifs is 2. The highest BCUT2D eigenvalue weighted by molar-refractivity contribution is 7.89. The molecular weight excluding hydrogens is 480 g/mol. The number of carbonyl (C=O) groups is 1. The van der Waals surface area contributed by atoms with Crippen LogP contribution in [0.25, 0.3) is 10.9 Å². The minimum Gasteiger partial charge on any atom is -0.310 e. The van der Waals surface area contributed by atoms with Crippen LogP contribution in [0, 0.1) is 0 Å². The summed E-state index contributed by atoms with van der Waals surface area (Å²) in [6.07, 6.45) is 0.683. The van der Waals surface area contributed by atoms with Gasteiger partial charge >= 0.3 is 5.69 Å². The number of carbonyl (C=O) groups excluding carboxylic acids is 1. The third-order valence-electron chi connectivity index (χ3n) is 6.55. The molecule has 9 nitrogen and oxygen atoms in total. The second-order valence-corrected chi connectivity index (χ2v) is 10.4. The molecule has 0 bridgehead atoms. The lowest BCUT2D eigenvalue weighted by atomic mass is 10.1. The molecule has 0 fully saturated rings. The van der Waals surface area contributed by atoms with Crippen molar-refractivity contribution in [1.82, 2.24) is 13.9 Å². The molecule has 0 saturated carbocycles. The number of hydrogen-bond acceptors (Lipinski definition) is 5. The summed E-state index contributed by atoms with van der Waals surface area (Å²) >= 11 is 0. The number of para-hydroxylation sites is 1. The molecule has 1 atom stereocenters. The lowest BCUT2D eigenvalue weighted by molar-refractivity contribution is -0.120. The van der Waals surface area contributed by atoms with Gasteiger partial charge in [0.2, 0.25) is 15.9 Å². The third-order valence-corrected chi connectivity index (χ3v) is 7.98. The number of amides is 1. The molecule has 184 valence electrons. The zero-order chi connectivity index (χ0) is 25.6. The fourth-order valence-electron chi connectivity index (χ4n) is 4.59. The molecular formula is C26H24N4O5S. The molecule has 36 heavy (non-hydrogen) atoms. The van der Waals surface area contributed by atoms with Crippen LogP contribution in [0.4, 0.5) is 5.69 Å². The van der Waals surface area contributed by atoms with Gasteiger partial charge in [-0.3, -0.25) is 18.7 Å². The quantitative estimate of drug-likeness (QED) is 0.446. The lowest BCUT2D eigenvalue weighted by Crippen LogP contribution is -2.42. The first-order valence-electron chi connectivity index (χ1n) is 11.4. The number of rotatable bonds is 5. The first kappa shape index (κ1) is 23.7. The zero-order valence-electron chi connectivity index (χ0n) is 19.7. The van der Waals surface area contributed by atoms with Gasteiger partial charge in [0.05, 0.1) is 15.8 Å². The molecule has 1 amide bonds. The topological polar surface area (TPSA) is 110 Å². The van der Waals surface area contributed by atoms with Crippen molar-refractivity contribution >= 4 is 32.5 Å². The summed E-state index contributed by atoms with van der Waals surface area (Å²) in [7, 11) is -1.39. The van der Waals surface area contributed by atoms with Crippen LogP contribution in [0.3, 0.4) is 0 Å². The Kier molecular flexibility index (Phi) is 5.85. The van der Waals surface area contributed by atoms with Gasteiger partial charge in [0.15, 0.2) is 0 Å². The van der Waals surface area contributed by atoms with E-state index in [0.29, 0.717) is 24.0 Å². The van der Waals surface area contributed by atoms with Gasteiger partial charge in [-0.1, -0.05) is 48.5 Å². The molecule has 3 aromatic carbocycles. The molecule has 1 aliphatic heterocycles. The molecule has 5 rings (SSSR count). The molecule has 0 aliphatic carbocycles. The van der Waals surface area contributed by atoms with Crippen molar-refractivity contribution in [3.05, 3.63) is 105 Å². The van der Waals surface area contributed by atoms with E-state index >= 15 is 0 Å². The zero-order valence-corrected chi connectivity index (χ0v) is 20.5. The molecule has 1 aliphatic rings. The standard InChI is InChI=1S/C26H24N4O5S/c1-28-22-13-12-19(16-20(22)24(31)29(2)26(28)33)36(34,35)27-23(18-9-4-3-5-10-18)25(32)30-15-14-17-8-6-7-11-21(17)30/h3-13,16,23,27H,14-15H2,1-2H3/t23-/m1/s1. The van der Waals surface area contributed by atoms with Gasteiger partial charge in [-0.25, -0.2) is 13.2 Å². The fourth-order valence-corrected chi connectivity index (χ4v) is 5.80. The average Bonchev–Trinajstić information content (AvgIpc) is 3.33. The Labute approximate surface area is 207 Å². The first-order valence-corrected chi connectivity index (χ1v) is 12.8. The van der Waals surface area contributed by atoms with Crippen LogP contribution in [0.1, 0.15) is 17.2 Å². The number of aryl methyl sites for hydroxylation is 1. The second kappa shape index (κ2) is 8.89. The second-order valence-electron chi connectivity index (χ2n) is 8.72. The molecule has 0 radical (unpaired) electrons. The van der Waals surface area contributed by atoms with Crippen molar-refractivity contribution in [2.75, 3.05) is 11.4 Å². The van der Waals surface area contributed by atoms with E-state index in [-0.39, 0.29) is 10.3 Å². The summed E-state index contributed by atoms with van der Waals surface area (Å²) in [6, 6.07) is 19.0. The first-order chi connectivity index (χ1) is 17.2. The van der Waals surface area contributed by atoms with Gasteiger partial charge in [-0.2, -0.15) is 4.72 Å². The van der Waals surface area contributed by atoms with Crippen molar-refractivity contribution in [3.8, 4) is 0 Å². The number of benzene rings is 3. The maximum atomic E-state index is 13.7. The van der Waals surface area contributed by atoms with E-state index in [4.69, 9.17) is 0 Å². The Morgan fingerprint density at radius 2 is 1.61 bits per heavy atom. The minimum atomic E-state index is -4.24. The Bertz CT molecular complexity index is 1730. The molecule has 1 aromatic heterocycles. The fraction of sp³-hybridized carbons (Fsp3) is 0.192. The van der Waals surface area contributed by atoms with Crippen LogP contribution in [0.5, 0.6) is 0 Å². The monoisotopic (exact) mass is 504 g/mol. The number of hydrogen-bond donors (Lipinski definition) is 1. The highest BCUT2D eigenvalue weighted by atomic mass is 32.2.